The van der Waals surface area contributed by atoms with Gasteiger partial charge in [0.1, 0.15) is 0 Å². The first-order valence-electron chi connectivity index (χ1n) is 6.24. The molecule has 19 heavy (non-hydrogen) atoms. The maximum absolute atomic E-state index is 12.3. The summed E-state index contributed by atoms with van der Waals surface area (Å²) < 4.78 is 28.3. The fourth-order valence-electron chi connectivity index (χ4n) is 2.19. The molecule has 2 aromatic rings. The van der Waals surface area contributed by atoms with Gasteiger partial charge < -0.3 is 5.32 Å². The zero-order chi connectivity index (χ0) is 13.3. The number of benzene rings is 1. The lowest BCUT2D eigenvalue weighted by molar-refractivity contribution is 0.428. The zero-order valence-corrected chi connectivity index (χ0v) is 11.9. The van der Waals surface area contributed by atoms with Crippen LogP contribution in [-0.4, -0.2) is 32.5 Å². The standard InChI is InChI=1S/C12H15N3O2S2/c16-19(17,15-9-4-3-7-13-8-9)12-14-10-5-1-2-6-11(10)18-12/h1-2,5-6,9,13,15H,3-4,7-8H2. The van der Waals surface area contributed by atoms with Crippen LogP contribution in [0.1, 0.15) is 12.8 Å². The van der Waals surface area contributed by atoms with Gasteiger partial charge in [-0.05, 0) is 31.5 Å². The molecule has 2 N–H and O–H groups in total. The third-order valence-corrected chi connectivity index (χ3v) is 6.06. The summed E-state index contributed by atoms with van der Waals surface area (Å²) in [5.74, 6) is 0. The van der Waals surface area contributed by atoms with Gasteiger partial charge in [0, 0.05) is 12.6 Å². The number of fused-ring (bicyclic) bond motifs is 1. The summed E-state index contributed by atoms with van der Waals surface area (Å²) in [6, 6.07) is 7.42. The first-order valence-corrected chi connectivity index (χ1v) is 8.54. The third kappa shape index (κ3) is 2.79. The molecule has 1 saturated heterocycles. The van der Waals surface area contributed by atoms with Crippen LogP contribution in [0.2, 0.25) is 0 Å². The highest BCUT2D eigenvalue weighted by Gasteiger charge is 2.24. The molecule has 7 heteroatoms. The van der Waals surface area contributed by atoms with Crippen LogP contribution in [0.4, 0.5) is 0 Å². The molecule has 0 radical (unpaired) electrons. The Labute approximate surface area is 116 Å². The van der Waals surface area contributed by atoms with E-state index in [9.17, 15) is 8.42 Å². The minimum atomic E-state index is -3.50. The molecule has 1 aliphatic heterocycles. The van der Waals surface area contributed by atoms with Gasteiger partial charge in [0.15, 0.2) is 0 Å². The van der Waals surface area contributed by atoms with Crippen LogP contribution in [0.5, 0.6) is 0 Å². The Bertz CT molecular complexity index is 642. The van der Waals surface area contributed by atoms with Gasteiger partial charge in [-0.1, -0.05) is 12.1 Å². The lowest BCUT2D eigenvalue weighted by Gasteiger charge is -2.22. The maximum Gasteiger partial charge on any atom is 0.268 e. The number of thiazole rings is 1. The monoisotopic (exact) mass is 297 g/mol. The maximum atomic E-state index is 12.3. The smallest absolute Gasteiger partial charge is 0.268 e. The van der Waals surface area contributed by atoms with E-state index in [1.54, 1.807) is 0 Å². The molecule has 1 aromatic heterocycles. The van der Waals surface area contributed by atoms with E-state index < -0.39 is 10.0 Å². The van der Waals surface area contributed by atoms with E-state index in [2.05, 4.69) is 15.0 Å². The van der Waals surface area contributed by atoms with E-state index in [-0.39, 0.29) is 10.4 Å². The first kappa shape index (κ1) is 13.0. The van der Waals surface area contributed by atoms with E-state index in [1.807, 2.05) is 24.3 Å². The topological polar surface area (TPSA) is 71.1 Å². The van der Waals surface area contributed by atoms with Crippen molar-refractivity contribution in [2.24, 2.45) is 0 Å². The lowest BCUT2D eigenvalue weighted by Crippen LogP contribution is -2.45. The molecular weight excluding hydrogens is 282 g/mol. The van der Waals surface area contributed by atoms with Crippen molar-refractivity contribution < 1.29 is 8.42 Å². The highest BCUT2D eigenvalue weighted by Crippen LogP contribution is 2.25. The molecule has 3 rings (SSSR count). The minimum Gasteiger partial charge on any atom is -0.315 e. The Morgan fingerprint density at radius 2 is 2.21 bits per heavy atom. The number of piperidine rings is 1. The Kier molecular flexibility index (Phi) is 3.53. The molecule has 0 amide bonds. The van der Waals surface area contributed by atoms with Crippen LogP contribution in [-0.2, 0) is 10.0 Å². The Morgan fingerprint density at radius 3 is 2.95 bits per heavy atom. The van der Waals surface area contributed by atoms with Crippen LogP contribution in [0, 0.1) is 0 Å². The van der Waals surface area contributed by atoms with Crippen molar-refractivity contribution in [3.63, 3.8) is 0 Å². The molecule has 0 spiro atoms. The van der Waals surface area contributed by atoms with Gasteiger partial charge in [0.2, 0.25) is 4.34 Å². The predicted molar refractivity (Wildman–Crippen MR) is 75.8 cm³/mol. The number of nitrogens with zero attached hydrogens (tertiary/aromatic N) is 1. The zero-order valence-electron chi connectivity index (χ0n) is 10.3. The van der Waals surface area contributed by atoms with Gasteiger partial charge in [-0.3, -0.25) is 0 Å². The van der Waals surface area contributed by atoms with Gasteiger partial charge in [-0.2, -0.15) is 0 Å². The van der Waals surface area contributed by atoms with Crippen molar-refractivity contribution in [2.75, 3.05) is 13.1 Å². The summed E-state index contributed by atoms with van der Waals surface area (Å²) in [5, 5.41) is 3.19. The Hall–Kier alpha value is -1.02. The number of nitrogens with one attached hydrogen (secondary N) is 2. The van der Waals surface area contributed by atoms with Gasteiger partial charge >= 0.3 is 0 Å². The van der Waals surface area contributed by atoms with E-state index in [0.29, 0.717) is 6.54 Å². The number of para-hydroxylation sites is 1. The molecule has 0 saturated carbocycles. The summed E-state index contributed by atoms with van der Waals surface area (Å²) in [5.41, 5.74) is 0.731. The number of hydrogen-bond acceptors (Lipinski definition) is 5. The third-order valence-electron chi connectivity index (χ3n) is 3.12. The summed E-state index contributed by atoms with van der Waals surface area (Å²) >= 11 is 1.21. The molecule has 1 aromatic carbocycles. The van der Waals surface area contributed by atoms with Gasteiger partial charge in [-0.25, -0.2) is 18.1 Å². The van der Waals surface area contributed by atoms with Crippen molar-refractivity contribution in [1.29, 1.82) is 0 Å². The first-order chi connectivity index (χ1) is 9.15. The van der Waals surface area contributed by atoms with Crippen molar-refractivity contribution in [3.8, 4) is 0 Å². The van der Waals surface area contributed by atoms with Crippen LogP contribution >= 0.6 is 11.3 Å². The summed E-state index contributed by atoms with van der Waals surface area (Å²) in [7, 11) is -3.50. The number of sulfonamides is 1. The molecule has 0 aliphatic carbocycles. The molecule has 5 nitrogen and oxygen atoms in total. The average Bonchev–Trinajstić information content (AvgIpc) is 2.84. The van der Waals surface area contributed by atoms with Gasteiger partial charge in [0.25, 0.3) is 10.0 Å². The summed E-state index contributed by atoms with van der Waals surface area (Å²) in [6.45, 7) is 1.64. The van der Waals surface area contributed by atoms with E-state index >= 15 is 0 Å². The summed E-state index contributed by atoms with van der Waals surface area (Å²) in [6.07, 6.45) is 1.87. The highest BCUT2D eigenvalue weighted by atomic mass is 32.2. The molecule has 102 valence electrons. The van der Waals surface area contributed by atoms with E-state index in [1.165, 1.54) is 11.3 Å². The van der Waals surface area contributed by atoms with Crippen molar-refractivity contribution >= 4 is 31.6 Å². The van der Waals surface area contributed by atoms with Gasteiger partial charge in [-0.15, -0.1) is 11.3 Å². The number of rotatable bonds is 3. The molecule has 1 unspecified atom stereocenters. The molecule has 1 aliphatic rings. The minimum absolute atomic E-state index is 0.0363. The average molecular weight is 297 g/mol. The van der Waals surface area contributed by atoms with Crippen molar-refractivity contribution in [2.45, 2.75) is 23.2 Å². The van der Waals surface area contributed by atoms with Crippen molar-refractivity contribution in [3.05, 3.63) is 24.3 Å². The van der Waals surface area contributed by atoms with Gasteiger partial charge in [0.05, 0.1) is 10.2 Å². The second kappa shape index (κ2) is 5.16. The molecule has 1 fully saturated rings. The normalized spacial score (nSPS) is 20.7. The molecule has 1 atom stereocenters. The second-order valence-corrected chi connectivity index (χ2v) is 7.53. The largest absolute Gasteiger partial charge is 0.315 e. The quantitative estimate of drug-likeness (QED) is 0.896. The Balaban J connectivity index is 1.86. The predicted octanol–water partition coefficient (Wildman–Crippen LogP) is 1.33. The second-order valence-electron chi connectivity index (χ2n) is 4.61. The SMILES string of the molecule is O=S(=O)(NC1CCCNC1)c1nc2ccccc2s1. The van der Waals surface area contributed by atoms with E-state index in [0.717, 1.165) is 29.6 Å². The van der Waals surface area contributed by atoms with Crippen LogP contribution in [0.15, 0.2) is 28.6 Å². The fraction of sp³-hybridized carbons (Fsp3) is 0.417. The van der Waals surface area contributed by atoms with Crippen LogP contribution in [0.3, 0.4) is 0 Å². The number of aromatic nitrogens is 1. The van der Waals surface area contributed by atoms with E-state index in [4.69, 9.17) is 0 Å². The summed E-state index contributed by atoms with van der Waals surface area (Å²) in [4.78, 5) is 4.20. The van der Waals surface area contributed by atoms with Crippen molar-refractivity contribution in [1.82, 2.24) is 15.0 Å². The molecule has 2 heterocycles. The molecule has 0 bridgehead atoms. The molecular formula is C12H15N3O2S2. The lowest BCUT2D eigenvalue weighted by atomic mass is 10.1. The number of hydrogen-bond donors (Lipinski definition) is 2. The van der Waals surface area contributed by atoms with Crippen LogP contribution in [0.25, 0.3) is 10.2 Å². The highest BCUT2D eigenvalue weighted by molar-refractivity contribution is 7.91. The Morgan fingerprint density at radius 1 is 1.37 bits per heavy atom. The fourth-order valence-corrected chi connectivity index (χ4v) is 4.70. The van der Waals surface area contributed by atoms with Crippen LogP contribution < -0.4 is 10.0 Å².